The first-order valence-electron chi connectivity index (χ1n) is 9.00. The van der Waals surface area contributed by atoms with Crippen LogP contribution in [0.5, 0.6) is 11.5 Å². The summed E-state index contributed by atoms with van der Waals surface area (Å²) in [4.78, 5) is 16.2. The summed E-state index contributed by atoms with van der Waals surface area (Å²) in [6.45, 7) is 2.53. The number of carbonyl (C=O) groups is 1. The molecule has 138 valence electrons. The summed E-state index contributed by atoms with van der Waals surface area (Å²) in [5, 5.41) is 2.86. The Bertz CT molecular complexity index is 925. The van der Waals surface area contributed by atoms with Crippen LogP contribution in [0.15, 0.2) is 66.9 Å². The molecule has 0 radical (unpaired) electrons. The first-order chi connectivity index (χ1) is 13.2. The number of amides is 1. The molecule has 3 aromatic rings. The molecule has 3 rings (SSSR count). The molecule has 1 heterocycles. The van der Waals surface area contributed by atoms with Gasteiger partial charge in [0.05, 0.1) is 5.56 Å². The van der Waals surface area contributed by atoms with Crippen molar-refractivity contribution in [3.05, 3.63) is 83.6 Å². The minimum atomic E-state index is -0.251. The molecule has 27 heavy (non-hydrogen) atoms. The van der Waals surface area contributed by atoms with E-state index in [0.717, 1.165) is 29.9 Å². The van der Waals surface area contributed by atoms with Crippen LogP contribution in [0.25, 0.3) is 0 Å². The molecule has 5 nitrogen and oxygen atoms in total. The van der Waals surface area contributed by atoms with E-state index in [4.69, 9.17) is 10.5 Å². The molecule has 0 saturated carbocycles. The number of anilines is 1. The van der Waals surface area contributed by atoms with Crippen molar-refractivity contribution in [3.63, 3.8) is 0 Å². The quantitative estimate of drug-likeness (QED) is 0.656. The van der Waals surface area contributed by atoms with Crippen LogP contribution >= 0.6 is 0 Å². The molecule has 0 saturated heterocycles. The lowest BCUT2D eigenvalue weighted by molar-refractivity contribution is 0.0951. The molecular weight excluding hydrogens is 338 g/mol. The number of hydrogen-bond donors (Lipinski definition) is 2. The van der Waals surface area contributed by atoms with Crippen LogP contribution in [-0.4, -0.2) is 10.9 Å². The van der Waals surface area contributed by atoms with Crippen molar-refractivity contribution in [2.24, 2.45) is 0 Å². The molecule has 2 aromatic carbocycles. The van der Waals surface area contributed by atoms with Gasteiger partial charge >= 0.3 is 0 Å². The van der Waals surface area contributed by atoms with Gasteiger partial charge in [-0.15, -0.1) is 0 Å². The van der Waals surface area contributed by atoms with E-state index in [-0.39, 0.29) is 11.7 Å². The van der Waals surface area contributed by atoms with Crippen molar-refractivity contribution in [1.82, 2.24) is 10.3 Å². The Kier molecular flexibility index (Phi) is 6.05. The van der Waals surface area contributed by atoms with Gasteiger partial charge in [0.25, 0.3) is 5.91 Å². The van der Waals surface area contributed by atoms with Gasteiger partial charge in [-0.05, 0) is 53.9 Å². The van der Waals surface area contributed by atoms with Crippen molar-refractivity contribution in [2.45, 2.75) is 26.3 Å². The highest BCUT2D eigenvalue weighted by atomic mass is 16.5. The molecule has 0 aliphatic carbocycles. The molecule has 0 bridgehead atoms. The standard InChI is InChI=1S/C22H23N3O2/c1-2-6-16-7-3-9-18(13-16)27-19-10-4-8-17(14-19)15-25-22(26)20-11-5-12-24-21(20)23/h3-5,7-14H,2,6,15H2,1H3,(H2,23,24)(H,25,26). The second kappa shape index (κ2) is 8.85. The SMILES string of the molecule is CCCc1cccc(Oc2cccc(CNC(=O)c3cccnc3N)c2)c1. The first kappa shape index (κ1) is 18.5. The van der Waals surface area contributed by atoms with E-state index in [2.05, 4.69) is 29.4 Å². The third-order valence-corrected chi connectivity index (χ3v) is 4.11. The molecule has 0 fully saturated rings. The topological polar surface area (TPSA) is 77.2 Å². The zero-order chi connectivity index (χ0) is 19.1. The number of nitrogen functional groups attached to an aromatic ring is 1. The Morgan fingerprint density at radius 1 is 1.04 bits per heavy atom. The number of rotatable bonds is 7. The molecule has 0 aliphatic heterocycles. The maximum Gasteiger partial charge on any atom is 0.255 e. The van der Waals surface area contributed by atoms with Crippen molar-refractivity contribution < 1.29 is 9.53 Å². The van der Waals surface area contributed by atoms with Crippen LogP contribution in [0.1, 0.15) is 34.8 Å². The van der Waals surface area contributed by atoms with E-state index in [0.29, 0.717) is 12.1 Å². The summed E-state index contributed by atoms with van der Waals surface area (Å²) in [5.41, 5.74) is 8.31. The van der Waals surface area contributed by atoms with Crippen LogP contribution in [0.3, 0.4) is 0 Å². The summed E-state index contributed by atoms with van der Waals surface area (Å²) in [6, 6.07) is 19.1. The smallest absolute Gasteiger partial charge is 0.255 e. The average molecular weight is 361 g/mol. The third-order valence-electron chi connectivity index (χ3n) is 4.11. The van der Waals surface area contributed by atoms with Gasteiger partial charge in [-0.3, -0.25) is 4.79 Å². The fraction of sp³-hybridized carbons (Fsp3) is 0.182. The Hall–Kier alpha value is -3.34. The Morgan fingerprint density at radius 2 is 1.74 bits per heavy atom. The molecule has 0 atom stereocenters. The van der Waals surface area contributed by atoms with E-state index in [9.17, 15) is 4.79 Å². The van der Waals surface area contributed by atoms with Crippen molar-refractivity contribution in [3.8, 4) is 11.5 Å². The number of benzene rings is 2. The van der Waals surface area contributed by atoms with E-state index >= 15 is 0 Å². The van der Waals surface area contributed by atoms with Gasteiger partial charge < -0.3 is 15.8 Å². The highest BCUT2D eigenvalue weighted by Gasteiger charge is 2.09. The lowest BCUT2D eigenvalue weighted by Crippen LogP contribution is -2.24. The number of aryl methyl sites for hydroxylation is 1. The van der Waals surface area contributed by atoms with Gasteiger partial charge in [0.2, 0.25) is 0 Å². The first-order valence-corrected chi connectivity index (χ1v) is 9.00. The summed E-state index contributed by atoms with van der Waals surface area (Å²) >= 11 is 0. The number of ether oxygens (including phenoxy) is 1. The zero-order valence-corrected chi connectivity index (χ0v) is 15.3. The van der Waals surface area contributed by atoms with Crippen molar-refractivity contribution >= 4 is 11.7 Å². The van der Waals surface area contributed by atoms with Crippen LogP contribution in [-0.2, 0) is 13.0 Å². The van der Waals surface area contributed by atoms with E-state index in [1.165, 1.54) is 5.56 Å². The Labute approximate surface area is 159 Å². The molecular formula is C22H23N3O2. The maximum atomic E-state index is 12.3. The highest BCUT2D eigenvalue weighted by Crippen LogP contribution is 2.23. The molecule has 5 heteroatoms. The molecule has 1 aromatic heterocycles. The summed E-state index contributed by atoms with van der Waals surface area (Å²) in [7, 11) is 0. The van der Waals surface area contributed by atoms with Gasteiger partial charge in [-0.2, -0.15) is 0 Å². The van der Waals surface area contributed by atoms with Crippen LogP contribution in [0.4, 0.5) is 5.82 Å². The summed E-state index contributed by atoms with van der Waals surface area (Å²) < 4.78 is 5.97. The second-order valence-electron chi connectivity index (χ2n) is 6.27. The monoisotopic (exact) mass is 361 g/mol. The number of nitrogens with zero attached hydrogens (tertiary/aromatic N) is 1. The minimum Gasteiger partial charge on any atom is -0.457 e. The number of pyridine rings is 1. The lowest BCUT2D eigenvalue weighted by atomic mass is 10.1. The predicted octanol–water partition coefficient (Wildman–Crippen LogP) is 4.34. The van der Waals surface area contributed by atoms with Gasteiger partial charge in [-0.25, -0.2) is 4.98 Å². The second-order valence-corrected chi connectivity index (χ2v) is 6.27. The molecule has 0 unspecified atom stereocenters. The number of aromatic nitrogens is 1. The lowest BCUT2D eigenvalue weighted by Gasteiger charge is -2.10. The fourth-order valence-corrected chi connectivity index (χ4v) is 2.80. The third kappa shape index (κ3) is 5.07. The summed E-state index contributed by atoms with van der Waals surface area (Å²) in [6.07, 6.45) is 3.68. The van der Waals surface area contributed by atoms with Gasteiger partial charge in [-0.1, -0.05) is 37.6 Å². The number of hydrogen-bond acceptors (Lipinski definition) is 4. The van der Waals surface area contributed by atoms with Crippen LogP contribution < -0.4 is 15.8 Å². The fourth-order valence-electron chi connectivity index (χ4n) is 2.80. The Morgan fingerprint density at radius 3 is 2.44 bits per heavy atom. The van der Waals surface area contributed by atoms with Crippen LogP contribution in [0.2, 0.25) is 0 Å². The predicted molar refractivity (Wildman–Crippen MR) is 107 cm³/mol. The average Bonchev–Trinajstić information content (AvgIpc) is 2.67. The van der Waals surface area contributed by atoms with Crippen LogP contribution in [0, 0.1) is 0 Å². The largest absolute Gasteiger partial charge is 0.457 e. The van der Waals surface area contributed by atoms with Gasteiger partial charge in [0.15, 0.2) is 0 Å². The summed E-state index contributed by atoms with van der Waals surface area (Å²) in [5.74, 6) is 1.51. The highest BCUT2D eigenvalue weighted by molar-refractivity contribution is 5.98. The number of nitrogens with one attached hydrogen (secondary N) is 1. The minimum absolute atomic E-state index is 0.221. The number of nitrogens with two attached hydrogens (primary N) is 1. The van der Waals surface area contributed by atoms with Gasteiger partial charge in [0, 0.05) is 12.7 Å². The van der Waals surface area contributed by atoms with Gasteiger partial charge in [0.1, 0.15) is 17.3 Å². The molecule has 3 N–H and O–H groups in total. The van der Waals surface area contributed by atoms with E-state index in [1.54, 1.807) is 18.3 Å². The van der Waals surface area contributed by atoms with Crippen molar-refractivity contribution in [1.29, 1.82) is 0 Å². The number of carbonyl (C=O) groups excluding carboxylic acids is 1. The van der Waals surface area contributed by atoms with E-state index in [1.807, 2.05) is 36.4 Å². The molecule has 1 amide bonds. The molecule has 0 spiro atoms. The van der Waals surface area contributed by atoms with Crippen molar-refractivity contribution in [2.75, 3.05) is 5.73 Å². The van der Waals surface area contributed by atoms with E-state index < -0.39 is 0 Å². The maximum absolute atomic E-state index is 12.3. The zero-order valence-electron chi connectivity index (χ0n) is 15.3. The Balaban J connectivity index is 1.64. The molecule has 0 aliphatic rings. The normalized spacial score (nSPS) is 10.4.